The number of rotatable bonds is 1. The molecule has 2 N–H and O–H groups in total. The average Bonchev–Trinajstić information content (AvgIpc) is 2.69. The van der Waals surface area contributed by atoms with Crippen molar-refractivity contribution in [2.24, 2.45) is 0 Å². The Morgan fingerprint density at radius 1 is 1.16 bits per heavy atom. The number of carbonyl (C=O) groups excluding carboxylic acids is 1. The van der Waals surface area contributed by atoms with Gasteiger partial charge in [-0.3, -0.25) is 0 Å². The average molecular weight is 288 g/mol. The van der Waals surface area contributed by atoms with Crippen LogP contribution in [0.2, 0.25) is 0 Å². The third-order valence-electron chi connectivity index (χ3n) is 3.50. The van der Waals surface area contributed by atoms with Crippen molar-refractivity contribution in [3.63, 3.8) is 0 Å². The van der Waals surface area contributed by atoms with Crippen molar-refractivity contribution >= 4 is 23.8 Å². The molecule has 0 saturated carbocycles. The highest BCUT2D eigenvalue weighted by Crippen LogP contribution is 2.27. The number of amides is 2. The van der Waals surface area contributed by atoms with Gasteiger partial charge in [0.15, 0.2) is 0 Å². The first-order valence-electron chi connectivity index (χ1n) is 6.50. The highest BCUT2D eigenvalue weighted by molar-refractivity contribution is 8.00. The van der Waals surface area contributed by atoms with Gasteiger partial charge in [-0.1, -0.05) is 13.8 Å². The molecule has 2 unspecified atom stereocenters. The Bertz CT molecular complexity index is 369. The zero-order chi connectivity index (χ0) is 14.2. The maximum Gasteiger partial charge on any atom is 0.326 e. The minimum absolute atomic E-state index is 0.113. The predicted octanol–water partition coefficient (Wildman–Crippen LogP) is 0.452. The van der Waals surface area contributed by atoms with Crippen LogP contribution in [0.3, 0.4) is 0 Å². The summed E-state index contributed by atoms with van der Waals surface area (Å²) in [6.07, 6.45) is -0.617. The summed E-state index contributed by atoms with van der Waals surface area (Å²) in [5, 5.41) is 19.4. The number of hydrogen-bond donors (Lipinski definition) is 2. The molecule has 2 fully saturated rings. The quantitative estimate of drug-likeness (QED) is 0.732. The van der Waals surface area contributed by atoms with Crippen molar-refractivity contribution in [2.45, 2.75) is 42.9 Å². The molecule has 108 valence electrons. The van der Waals surface area contributed by atoms with Gasteiger partial charge >= 0.3 is 12.0 Å². The zero-order valence-electron chi connectivity index (χ0n) is 11.2. The highest BCUT2D eigenvalue weighted by atomic mass is 32.2. The number of β-amino-alcohol motifs (C(OH)–C–C–N with tert-alkyl or cyclic N) is 1. The van der Waals surface area contributed by atoms with E-state index in [9.17, 15) is 14.7 Å². The van der Waals surface area contributed by atoms with Crippen molar-refractivity contribution < 1.29 is 19.8 Å². The molecule has 0 bridgehead atoms. The number of likely N-dealkylation sites (tertiary alicyclic amines) is 1. The van der Waals surface area contributed by atoms with Gasteiger partial charge < -0.3 is 20.0 Å². The Morgan fingerprint density at radius 2 is 1.74 bits per heavy atom. The van der Waals surface area contributed by atoms with Crippen molar-refractivity contribution in [2.75, 3.05) is 19.6 Å². The van der Waals surface area contributed by atoms with Crippen LogP contribution in [0.4, 0.5) is 4.79 Å². The van der Waals surface area contributed by atoms with Crippen LogP contribution in [0.25, 0.3) is 0 Å². The number of nitrogens with zero attached hydrogens (tertiary/aromatic N) is 2. The maximum atomic E-state index is 12.4. The highest BCUT2D eigenvalue weighted by Gasteiger charge is 2.41. The number of carbonyl (C=O) groups is 2. The molecule has 19 heavy (non-hydrogen) atoms. The number of carboxylic acids is 1. The molecule has 2 aliphatic rings. The van der Waals surface area contributed by atoms with E-state index in [1.165, 1.54) is 4.90 Å². The van der Waals surface area contributed by atoms with Crippen LogP contribution < -0.4 is 0 Å². The van der Waals surface area contributed by atoms with Gasteiger partial charge in [-0.05, 0) is 0 Å². The van der Waals surface area contributed by atoms with E-state index in [0.29, 0.717) is 23.6 Å². The van der Waals surface area contributed by atoms with Gasteiger partial charge in [-0.25, -0.2) is 9.59 Å². The minimum atomic E-state index is -1.04. The Morgan fingerprint density at radius 3 is 2.26 bits per heavy atom. The van der Waals surface area contributed by atoms with Gasteiger partial charge in [0.2, 0.25) is 0 Å². The summed E-state index contributed by atoms with van der Waals surface area (Å²) in [5.41, 5.74) is 0. The summed E-state index contributed by atoms with van der Waals surface area (Å²) in [6.45, 7) is 5.50. The minimum Gasteiger partial charge on any atom is -0.480 e. The lowest BCUT2D eigenvalue weighted by Gasteiger charge is -2.37. The van der Waals surface area contributed by atoms with Crippen molar-refractivity contribution in [3.05, 3.63) is 0 Å². The predicted molar refractivity (Wildman–Crippen MR) is 72.2 cm³/mol. The van der Waals surface area contributed by atoms with Gasteiger partial charge in [0, 0.05) is 36.6 Å². The fraction of sp³-hybridized carbons (Fsp3) is 0.833. The fourth-order valence-corrected chi connectivity index (χ4v) is 4.10. The van der Waals surface area contributed by atoms with Gasteiger partial charge in [-0.2, -0.15) is 11.8 Å². The zero-order valence-corrected chi connectivity index (χ0v) is 12.0. The molecule has 2 heterocycles. The molecule has 0 aromatic rings. The van der Waals surface area contributed by atoms with E-state index in [-0.39, 0.29) is 19.0 Å². The van der Waals surface area contributed by atoms with Crippen LogP contribution >= 0.6 is 11.8 Å². The van der Waals surface area contributed by atoms with Gasteiger partial charge in [0.1, 0.15) is 6.04 Å². The van der Waals surface area contributed by atoms with Gasteiger partial charge in [-0.15, -0.1) is 0 Å². The number of thioether (sulfide) groups is 1. The first-order chi connectivity index (χ1) is 8.88. The third kappa shape index (κ3) is 3.14. The molecule has 2 aliphatic heterocycles. The molecule has 0 spiro atoms. The number of urea groups is 1. The Labute approximate surface area is 116 Å². The Hall–Kier alpha value is -0.950. The van der Waals surface area contributed by atoms with Crippen LogP contribution in [0.5, 0.6) is 0 Å². The summed E-state index contributed by atoms with van der Waals surface area (Å²) >= 11 is 1.83. The first-order valence-corrected chi connectivity index (χ1v) is 7.44. The third-order valence-corrected chi connectivity index (χ3v) is 4.73. The molecule has 0 aromatic heterocycles. The van der Waals surface area contributed by atoms with Crippen LogP contribution in [0.1, 0.15) is 20.3 Å². The largest absolute Gasteiger partial charge is 0.480 e. The maximum absolute atomic E-state index is 12.4. The monoisotopic (exact) mass is 288 g/mol. The molecule has 6 nitrogen and oxygen atoms in total. The SMILES string of the molecule is CC1CN(C(=O)N2C[C@H](O)C[C@@H]2C(=O)O)CC(C)S1. The van der Waals surface area contributed by atoms with E-state index >= 15 is 0 Å². The van der Waals surface area contributed by atoms with E-state index in [1.807, 2.05) is 11.8 Å². The Kier molecular flexibility index (Phi) is 4.25. The molecule has 0 aliphatic carbocycles. The molecule has 7 heteroatoms. The number of aliphatic hydroxyl groups is 1. The van der Waals surface area contributed by atoms with Gasteiger partial charge in [0.25, 0.3) is 0 Å². The van der Waals surface area contributed by atoms with Crippen molar-refractivity contribution in [3.8, 4) is 0 Å². The lowest BCUT2D eigenvalue weighted by atomic mass is 10.2. The lowest BCUT2D eigenvalue weighted by molar-refractivity contribution is -0.141. The normalized spacial score (nSPS) is 35.5. The van der Waals surface area contributed by atoms with E-state index in [1.54, 1.807) is 4.90 Å². The molecule has 4 atom stereocenters. The second-order valence-corrected chi connectivity index (χ2v) is 7.22. The molecule has 0 aromatic carbocycles. The standard InChI is InChI=1S/C12H20N2O4S/c1-7-4-13(5-8(2)19-7)12(18)14-6-9(15)3-10(14)11(16)17/h7-10,15H,3-6H2,1-2H3,(H,16,17)/t7?,8?,9-,10-/m1/s1. The fourth-order valence-electron chi connectivity index (χ4n) is 2.78. The lowest BCUT2D eigenvalue weighted by Crippen LogP contribution is -2.52. The summed E-state index contributed by atoms with van der Waals surface area (Å²) in [6, 6.07) is -1.16. The number of aliphatic hydroxyl groups excluding tert-OH is 1. The Balaban J connectivity index is 2.07. The van der Waals surface area contributed by atoms with Gasteiger partial charge in [0.05, 0.1) is 6.10 Å². The molecule has 2 rings (SSSR count). The second kappa shape index (κ2) is 5.58. The van der Waals surface area contributed by atoms with Crippen LogP contribution in [0.15, 0.2) is 0 Å². The molecular formula is C12H20N2O4S. The van der Waals surface area contributed by atoms with Crippen LogP contribution in [0, 0.1) is 0 Å². The molecule has 2 amide bonds. The van der Waals surface area contributed by atoms with Crippen LogP contribution in [-0.2, 0) is 4.79 Å². The van der Waals surface area contributed by atoms with E-state index < -0.39 is 18.1 Å². The first kappa shape index (κ1) is 14.5. The van der Waals surface area contributed by atoms with E-state index in [4.69, 9.17) is 5.11 Å². The molecule has 2 saturated heterocycles. The number of carboxylic acid groups (broad SMARTS) is 1. The summed E-state index contributed by atoms with van der Waals surface area (Å²) in [5.74, 6) is -1.04. The topological polar surface area (TPSA) is 81.1 Å². The second-order valence-electron chi connectivity index (χ2n) is 5.34. The summed E-state index contributed by atoms with van der Waals surface area (Å²) in [7, 11) is 0. The van der Waals surface area contributed by atoms with Crippen molar-refractivity contribution in [1.29, 1.82) is 0 Å². The summed E-state index contributed by atoms with van der Waals surface area (Å²) < 4.78 is 0. The molecule has 0 radical (unpaired) electrons. The summed E-state index contributed by atoms with van der Waals surface area (Å²) in [4.78, 5) is 26.6. The molecular weight excluding hydrogens is 268 g/mol. The number of aliphatic carboxylic acids is 1. The number of hydrogen-bond acceptors (Lipinski definition) is 4. The van der Waals surface area contributed by atoms with E-state index in [2.05, 4.69) is 13.8 Å². The van der Waals surface area contributed by atoms with E-state index in [0.717, 1.165) is 0 Å². The van der Waals surface area contributed by atoms with Crippen molar-refractivity contribution in [1.82, 2.24) is 9.80 Å². The smallest absolute Gasteiger partial charge is 0.326 e. The van der Waals surface area contributed by atoms with Crippen LogP contribution in [-0.4, -0.2) is 74.3 Å².